The lowest BCUT2D eigenvalue weighted by Gasteiger charge is -2.25. The predicted molar refractivity (Wildman–Crippen MR) is 86.9 cm³/mol. The standard InChI is InChI=1S/C15H27N5O/c1-6-8-17-14-11(3)15(19-12(4)18-14)20(9-7-2)10-13(21)16-5/h6-10H2,1-5H3,(H,16,21)(H,17,18,19). The summed E-state index contributed by atoms with van der Waals surface area (Å²) in [4.78, 5) is 22.7. The summed E-state index contributed by atoms with van der Waals surface area (Å²) in [5, 5.41) is 6.00. The Bertz CT molecular complexity index is 475. The minimum Gasteiger partial charge on any atom is -0.370 e. The van der Waals surface area contributed by atoms with Crippen molar-refractivity contribution >= 4 is 17.5 Å². The van der Waals surface area contributed by atoms with E-state index in [1.807, 2.05) is 18.7 Å². The Morgan fingerprint density at radius 1 is 1.19 bits per heavy atom. The van der Waals surface area contributed by atoms with Crippen molar-refractivity contribution in [2.24, 2.45) is 0 Å². The summed E-state index contributed by atoms with van der Waals surface area (Å²) in [6, 6.07) is 0. The van der Waals surface area contributed by atoms with Gasteiger partial charge in [-0.15, -0.1) is 0 Å². The molecule has 0 bridgehead atoms. The Balaban J connectivity index is 3.11. The molecule has 0 radical (unpaired) electrons. The number of aromatic nitrogens is 2. The maximum absolute atomic E-state index is 11.7. The highest BCUT2D eigenvalue weighted by Gasteiger charge is 2.17. The lowest BCUT2D eigenvalue weighted by molar-refractivity contribution is -0.119. The molecular formula is C15H27N5O. The van der Waals surface area contributed by atoms with E-state index in [0.717, 1.165) is 43.1 Å². The van der Waals surface area contributed by atoms with Gasteiger partial charge < -0.3 is 15.5 Å². The van der Waals surface area contributed by atoms with Crippen LogP contribution in [0, 0.1) is 13.8 Å². The third kappa shape index (κ3) is 4.88. The first-order valence-corrected chi connectivity index (χ1v) is 7.58. The zero-order valence-corrected chi connectivity index (χ0v) is 13.8. The van der Waals surface area contributed by atoms with Gasteiger partial charge in [0.25, 0.3) is 0 Å². The molecule has 1 aromatic rings. The van der Waals surface area contributed by atoms with Crippen LogP contribution in [0.25, 0.3) is 0 Å². The van der Waals surface area contributed by atoms with Gasteiger partial charge >= 0.3 is 0 Å². The first-order chi connectivity index (χ1) is 10.0. The number of hydrogen-bond donors (Lipinski definition) is 2. The van der Waals surface area contributed by atoms with Gasteiger partial charge in [-0.3, -0.25) is 4.79 Å². The van der Waals surface area contributed by atoms with E-state index >= 15 is 0 Å². The molecule has 0 unspecified atom stereocenters. The summed E-state index contributed by atoms with van der Waals surface area (Å²) in [5.74, 6) is 2.40. The van der Waals surface area contributed by atoms with Crippen molar-refractivity contribution in [2.75, 3.05) is 36.9 Å². The minimum absolute atomic E-state index is 0.0119. The first-order valence-electron chi connectivity index (χ1n) is 7.58. The van der Waals surface area contributed by atoms with Crippen LogP contribution >= 0.6 is 0 Å². The highest BCUT2D eigenvalue weighted by Crippen LogP contribution is 2.23. The van der Waals surface area contributed by atoms with Crippen molar-refractivity contribution < 1.29 is 4.79 Å². The Labute approximate surface area is 127 Å². The van der Waals surface area contributed by atoms with Crippen molar-refractivity contribution in [3.05, 3.63) is 11.4 Å². The smallest absolute Gasteiger partial charge is 0.239 e. The number of likely N-dealkylation sites (N-methyl/N-ethyl adjacent to an activating group) is 1. The summed E-state index contributed by atoms with van der Waals surface area (Å²) in [7, 11) is 1.65. The molecule has 0 aliphatic rings. The van der Waals surface area contributed by atoms with Crippen LogP contribution in [-0.2, 0) is 4.79 Å². The minimum atomic E-state index is -0.0119. The van der Waals surface area contributed by atoms with Gasteiger partial charge in [0.05, 0.1) is 6.54 Å². The SMILES string of the molecule is CCCNc1nc(C)nc(N(CCC)CC(=O)NC)c1C. The van der Waals surface area contributed by atoms with Gasteiger partial charge in [-0.25, -0.2) is 9.97 Å². The molecular weight excluding hydrogens is 266 g/mol. The molecule has 1 amide bonds. The van der Waals surface area contributed by atoms with Crippen LogP contribution < -0.4 is 15.5 Å². The molecule has 1 aromatic heterocycles. The van der Waals surface area contributed by atoms with Gasteiger partial charge in [-0.1, -0.05) is 13.8 Å². The van der Waals surface area contributed by atoms with E-state index in [-0.39, 0.29) is 5.91 Å². The number of carbonyl (C=O) groups excluding carboxylic acids is 1. The normalized spacial score (nSPS) is 10.3. The fourth-order valence-electron chi connectivity index (χ4n) is 2.12. The van der Waals surface area contributed by atoms with Gasteiger partial charge in [-0.2, -0.15) is 0 Å². The topological polar surface area (TPSA) is 70.2 Å². The lowest BCUT2D eigenvalue weighted by Crippen LogP contribution is -2.37. The molecule has 118 valence electrons. The number of aryl methyl sites for hydroxylation is 1. The highest BCUT2D eigenvalue weighted by molar-refractivity contribution is 5.81. The summed E-state index contributed by atoms with van der Waals surface area (Å²) >= 11 is 0. The molecule has 0 atom stereocenters. The van der Waals surface area contributed by atoms with E-state index in [2.05, 4.69) is 34.4 Å². The first kappa shape index (κ1) is 17.2. The van der Waals surface area contributed by atoms with Crippen LogP contribution in [0.1, 0.15) is 38.1 Å². The van der Waals surface area contributed by atoms with Crippen LogP contribution in [0.2, 0.25) is 0 Å². The Hall–Kier alpha value is -1.85. The average Bonchev–Trinajstić information content (AvgIpc) is 2.47. The Morgan fingerprint density at radius 3 is 2.48 bits per heavy atom. The summed E-state index contributed by atoms with van der Waals surface area (Å²) in [6.45, 7) is 10.1. The number of nitrogens with zero attached hydrogens (tertiary/aromatic N) is 3. The van der Waals surface area contributed by atoms with Gasteiger partial charge in [0.1, 0.15) is 17.5 Å². The molecule has 1 heterocycles. The van der Waals surface area contributed by atoms with Crippen LogP contribution in [0.15, 0.2) is 0 Å². The van der Waals surface area contributed by atoms with E-state index in [1.165, 1.54) is 0 Å². The fraction of sp³-hybridized carbons (Fsp3) is 0.667. The number of nitrogens with one attached hydrogen (secondary N) is 2. The molecule has 0 saturated heterocycles. The van der Waals surface area contributed by atoms with Crippen LogP contribution in [0.4, 0.5) is 11.6 Å². The monoisotopic (exact) mass is 293 g/mol. The quantitative estimate of drug-likeness (QED) is 0.766. The second-order valence-corrected chi connectivity index (χ2v) is 5.09. The molecule has 2 N–H and O–H groups in total. The van der Waals surface area contributed by atoms with Crippen LogP contribution in [0.5, 0.6) is 0 Å². The van der Waals surface area contributed by atoms with Gasteiger partial charge in [0.2, 0.25) is 5.91 Å². The van der Waals surface area contributed by atoms with Crippen molar-refractivity contribution in [2.45, 2.75) is 40.5 Å². The predicted octanol–water partition coefficient (Wildman–Crippen LogP) is 1.88. The average molecular weight is 293 g/mol. The molecule has 21 heavy (non-hydrogen) atoms. The Kier molecular flexibility index (Phi) is 6.91. The molecule has 0 fully saturated rings. The lowest BCUT2D eigenvalue weighted by atomic mass is 10.2. The Morgan fingerprint density at radius 2 is 1.90 bits per heavy atom. The molecule has 1 rings (SSSR count). The maximum atomic E-state index is 11.7. The number of amides is 1. The zero-order valence-electron chi connectivity index (χ0n) is 13.8. The summed E-state index contributed by atoms with van der Waals surface area (Å²) in [6.07, 6.45) is 1.99. The van der Waals surface area contributed by atoms with Crippen molar-refractivity contribution in [1.29, 1.82) is 0 Å². The van der Waals surface area contributed by atoms with E-state index in [1.54, 1.807) is 7.05 Å². The third-order valence-corrected chi connectivity index (χ3v) is 3.18. The van der Waals surface area contributed by atoms with E-state index < -0.39 is 0 Å². The number of hydrogen-bond acceptors (Lipinski definition) is 5. The van der Waals surface area contributed by atoms with Crippen molar-refractivity contribution in [1.82, 2.24) is 15.3 Å². The van der Waals surface area contributed by atoms with Gasteiger partial charge in [0, 0.05) is 25.7 Å². The zero-order chi connectivity index (χ0) is 15.8. The largest absolute Gasteiger partial charge is 0.370 e. The molecule has 0 saturated carbocycles. The van der Waals surface area contributed by atoms with Crippen LogP contribution in [0.3, 0.4) is 0 Å². The fourth-order valence-corrected chi connectivity index (χ4v) is 2.12. The summed E-state index contributed by atoms with van der Waals surface area (Å²) in [5.41, 5.74) is 0.992. The molecule has 0 aliphatic heterocycles. The second kappa shape index (κ2) is 8.44. The van der Waals surface area contributed by atoms with Crippen molar-refractivity contribution in [3.63, 3.8) is 0 Å². The number of anilines is 2. The van der Waals surface area contributed by atoms with E-state index in [9.17, 15) is 4.79 Å². The number of rotatable bonds is 8. The molecule has 6 heteroatoms. The number of carbonyl (C=O) groups is 1. The molecule has 6 nitrogen and oxygen atoms in total. The molecule has 0 spiro atoms. The molecule has 0 aromatic carbocycles. The van der Waals surface area contributed by atoms with Gasteiger partial charge in [0.15, 0.2) is 0 Å². The highest BCUT2D eigenvalue weighted by atomic mass is 16.1. The van der Waals surface area contributed by atoms with E-state index in [0.29, 0.717) is 12.4 Å². The van der Waals surface area contributed by atoms with E-state index in [4.69, 9.17) is 0 Å². The van der Waals surface area contributed by atoms with Crippen molar-refractivity contribution in [3.8, 4) is 0 Å². The summed E-state index contributed by atoms with van der Waals surface area (Å²) < 4.78 is 0. The molecule has 0 aliphatic carbocycles. The maximum Gasteiger partial charge on any atom is 0.239 e. The second-order valence-electron chi connectivity index (χ2n) is 5.09. The van der Waals surface area contributed by atoms with Crippen LogP contribution in [-0.4, -0.2) is 42.6 Å². The third-order valence-electron chi connectivity index (χ3n) is 3.18. The van der Waals surface area contributed by atoms with Gasteiger partial charge in [-0.05, 0) is 26.7 Å².